The summed E-state index contributed by atoms with van der Waals surface area (Å²) in [6.07, 6.45) is 2.73. The zero-order valence-corrected chi connectivity index (χ0v) is 12.0. The number of hydrogen-bond donors (Lipinski definition) is 1. The Morgan fingerprint density at radius 2 is 2.22 bits per heavy atom. The molecule has 0 spiro atoms. The molecule has 104 valence electrons. The van der Waals surface area contributed by atoms with Crippen LogP contribution in [0.2, 0.25) is 5.02 Å². The van der Waals surface area contributed by atoms with Crippen LogP contribution in [0.4, 0.5) is 0 Å². The predicted molar refractivity (Wildman–Crippen MR) is 72.0 cm³/mol. The van der Waals surface area contributed by atoms with E-state index in [1.54, 1.807) is 20.4 Å². The van der Waals surface area contributed by atoms with E-state index in [1.807, 2.05) is 4.68 Å². The molecule has 1 N–H and O–H groups in total. The fraction of sp³-hybridized carbons (Fsp3) is 0.750. The van der Waals surface area contributed by atoms with Crippen molar-refractivity contribution in [2.75, 3.05) is 34.0 Å². The maximum atomic E-state index is 6.21. The molecule has 0 aliphatic carbocycles. The lowest BCUT2D eigenvalue weighted by atomic mass is 10.2. The van der Waals surface area contributed by atoms with Gasteiger partial charge in [-0.15, -0.1) is 0 Å². The van der Waals surface area contributed by atoms with Gasteiger partial charge in [-0.2, -0.15) is 5.10 Å². The van der Waals surface area contributed by atoms with E-state index >= 15 is 0 Å². The molecule has 1 aromatic heterocycles. The third kappa shape index (κ3) is 4.24. The molecule has 0 aliphatic rings. The Bertz CT molecular complexity index is 344. The van der Waals surface area contributed by atoms with Crippen LogP contribution in [0.5, 0.6) is 0 Å². The third-order valence-corrected chi connectivity index (χ3v) is 2.94. The van der Waals surface area contributed by atoms with E-state index in [9.17, 15) is 0 Å². The standard InChI is InChI=1S/C12H22ClN3O2/c1-4-5-14-11(9-18-3)12-10(13)8-15-16(12)6-7-17-2/h8,11,14H,4-7,9H2,1-3H3. The zero-order valence-electron chi connectivity index (χ0n) is 11.3. The molecular formula is C12H22ClN3O2. The zero-order chi connectivity index (χ0) is 13.4. The van der Waals surface area contributed by atoms with E-state index in [4.69, 9.17) is 21.1 Å². The largest absolute Gasteiger partial charge is 0.383 e. The van der Waals surface area contributed by atoms with Crippen molar-refractivity contribution in [2.45, 2.75) is 25.9 Å². The maximum absolute atomic E-state index is 6.21. The first kappa shape index (κ1) is 15.4. The number of nitrogens with zero attached hydrogens (tertiary/aromatic N) is 2. The van der Waals surface area contributed by atoms with Crippen LogP contribution in [-0.4, -0.2) is 43.8 Å². The lowest BCUT2D eigenvalue weighted by Gasteiger charge is -2.19. The second-order valence-corrected chi connectivity index (χ2v) is 4.46. The number of aromatic nitrogens is 2. The van der Waals surface area contributed by atoms with E-state index in [-0.39, 0.29) is 6.04 Å². The normalized spacial score (nSPS) is 12.9. The summed E-state index contributed by atoms with van der Waals surface area (Å²) in [5.41, 5.74) is 0.962. The number of halogens is 1. The highest BCUT2D eigenvalue weighted by atomic mass is 35.5. The number of hydrogen-bond acceptors (Lipinski definition) is 4. The van der Waals surface area contributed by atoms with Gasteiger partial charge in [-0.25, -0.2) is 0 Å². The van der Waals surface area contributed by atoms with Gasteiger partial charge >= 0.3 is 0 Å². The van der Waals surface area contributed by atoms with Gasteiger partial charge in [0.05, 0.1) is 42.7 Å². The summed E-state index contributed by atoms with van der Waals surface area (Å²) in [4.78, 5) is 0. The van der Waals surface area contributed by atoms with Crippen molar-refractivity contribution < 1.29 is 9.47 Å². The summed E-state index contributed by atoms with van der Waals surface area (Å²) in [6.45, 7) is 4.91. The van der Waals surface area contributed by atoms with Crippen molar-refractivity contribution in [3.8, 4) is 0 Å². The van der Waals surface area contributed by atoms with Crippen LogP contribution in [0.3, 0.4) is 0 Å². The topological polar surface area (TPSA) is 48.3 Å². The number of methoxy groups -OCH3 is 2. The second kappa shape index (κ2) is 8.48. The summed E-state index contributed by atoms with van der Waals surface area (Å²) < 4.78 is 12.2. The Morgan fingerprint density at radius 3 is 2.83 bits per heavy atom. The molecule has 6 heteroatoms. The van der Waals surface area contributed by atoms with Gasteiger partial charge in [0.25, 0.3) is 0 Å². The number of rotatable bonds is 9. The number of ether oxygens (including phenoxy) is 2. The van der Waals surface area contributed by atoms with Gasteiger partial charge in [0.1, 0.15) is 0 Å². The highest BCUT2D eigenvalue weighted by Crippen LogP contribution is 2.23. The van der Waals surface area contributed by atoms with Gasteiger partial charge < -0.3 is 14.8 Å². The van der Waals surface area contributed by atoms with Crippen LogP contribution >= 0.6 is 11.6 Å². The van der Waals surface area contributed by atoms with Crippen LogP contribution in [-0.2, 0) is 16.0 Å². The molecule has 0 amide bonds. The predicted octanol–water partition coefficient (Wildman–Crippen LogP) is 1.87. The molecule has 1 aromatic rings. The summed E-state index contributed by atoms with van der Waals surface area (Å²) in [7, 11) is 3.36. The molecule has 0 radical (unpaired) electrons. The van der Waals surface area contributed by atoms with Crippen LogP contribution in [0.15, 0.2) is 6.20 Å². The minimum absolute atomic E-state index is 0.0572. The number of nitrogens with one attached hydrogen (secondary N) is 1. The minimum Gasteiger partial charge on any atom is -0.383 e. The third-order valence-electron chi connectivity index (χ3n) is 2.64. The Balaban J connectivity index is 2.83. The van der Waals surface area contributed by atoms with E-state index in [1.165, 1.54) is 0 Å². The summed E-state index contributed by atoms with van der Waals surface area (Å²) in [6, 6.07) is 0.0572. The molecule has 0 saturated carbocycles. The van der Waals surface area contributed by atoms with Crippen molar-refractivity contribution in [3.05, 3.63) is 16.9 Å². The lowest BCUT2D eigenvalue weighted by Crippen LogP contribution is -2.29. The van der Waals surface area contributed by atoms with Crippen molar-refractivity contribution in [3.63, 3.8) is 0 Å². The molecule has 0 aliphatic heterocycles. The first-order chi connectivity index (χ1) is 8.74. The van der Waals surface area contributed by atoms with Gasteiger partial charge in [0, 0.05) is 14.2 Å². The summed E-state index contributed by atoms with van der Waals surface area (Å²) >= 11 is 6.21. The van der Waals surface area contributed by atoms with E-state index in [0.717, 1.165) is 18.7 Å². The molecule has 0 aromatic carbocycles. The fourth-order valence-electron chi connectivity index (χ4n) is 1.79. The average molecular weight is 276 g/mol. The van der Waals surface area contributed by atoms with Crippen molar-refractivity contribution in [1.29, 1.82) is 0 Å². The van der Waals surface area contributed by atoms with Gasteiger partial charge in [-0.3, -0.25) is 4.68 Å². The maximum Gasteiger partial charge on any atom is 0.0835 e. The molecule has 1 heterocycles. The molecule has 0 saturated heterocycles. The van der Waals surface area contributed by atoms with E-state index in [2.05, 4.69) is 17.3 Å². The molecular weight excluding hydrogens is 254 g/mol. The van der Waals surface area contributed by atoms with Crippen LogP contribution in [0.1, 0.15) is 25.1 Å². The van der Waals surface area contributed by atoms with E-state index < -0.39 is 0 Å². The first-order valence-corrected chi connectivity index (χ1v) is 6.54. The summed E-state index contributed by atoms with van der Waals surface area (Å²) in [5, 5.41) is 8.36. The highest BCUT2D eigenvalue weighted by molar-refractivity contribution is 6.31. The van der Waals surface area contributed by atoms with E-state index in [0.29, 0.717) is 24.8 Å². The average Bonchev–Trinajstić information content (AvgIpc) is 2.73. The van der Waals surface area contributed by atoms with Crippen molar-refractivity contribution >= 4 is 11.6 Å². The molecule has 1 rings (SSSR count). The monoisotopic (exact) mass is 275 g/mol. The fourth-order valence-corrected chi connectivity index (χ4v) is 2.07. The molecule has 18 heavy (non-hydrogen) atoms. The SMILES string of the molecule is CCCNC(COC)c1c(Cl)cnn1CCOC. The molecule has 0 fully saturated rings. The van der Waals surface area contributed by atoms with Crippen molar-refractivity contribution in [2.24, 2.45) is 0 Å². The molecule has 0 bridgehead atoms. The minimum atomic E-state index is 0.0572. The van der Waals surface area contributed by atoms with Crippen LogP contribution in [0, 0.1) is 0 Å². The smallest absolute Gasteiger partial charge is 0.0835 e. The summed E-state index contributed by atoms with van der Waals surface area (Å²) in [5.74, 6) is 0. The lowest BCUT2D eigenvalue weighted by molar-refractivity contribution is 0.157. The molecule has 5 nitrogen and oxygen atoms in total. The van der Waals surface area contributed by atoms with Gasteiger partial charge in [0.15, 0.2) is 0 Å². The van der Waals surface area contributed by atoms with Gasteiger partial charge in [-0.05, 0) is 13.0 Å². The van der Waals surface area contributed by atoms with Crippen molar-refractivity contribution in [1.82, 2.24) is 15.1 Å². The molecule has 1 unspecified atom stereocenters. The first-order valence-electron chi connectivity index (χ1n) is 6.17. The Hall–Kier alpha value is -0.620. The Kier molecular flexibility index (Phi) is 7.27. The second-order valence-electron chi connectivity index (χ2n) is 4.06. The van der Waals surface area contributed by atoms with Gasteiger partial charge in [-0.1, -0.05) is 18.5 Å². The van der Waals surface area contributed by atoms with Gasteiger partial charge in [0.2, 0.25) is 0 Å². The molecule has 1 atom stereocenters. The highest BCUT2D eigenvalue weighted by Gasteiger charge is 2.19. The Morgan fingerprint density at radius 1 is 1.44 bits per heavy atom. The quantitative estimate of drug-likeness (QED) is 0.747. The van der Waals surface area contributed by atoms with Crippen LogP contribution in [0.25, 0.3) is 0 Å². The van der Waals surface area contributed by atoms with Crippen LogP contribution < -0.4 is 5.32 Å². The Labute approximate surface area is 113 Å².